The first-order valence-corrected chi connectivity index (χ1v) is 13.5. The van der Waals surface area contributed by atoms with E-state index in [9.17, 15) is 14.4 Å². The van der Waals surface area contributed by atoms with Gasteiger partial charge in [0.1, 0.15) is 0 Å². The quantitative estimate of drug-likeness (QED) is 0.0918. The fraction of sp³-hybridized carbons (Fsp3) is 0.821. The van der Waals surface area contributed by atoms with Crippen molar-refractivity contribution in [2.45, 2.75) is 136 Å². The van der Waals surface area contributed by atoms with Crippen molar-refractivity contribution in [1.82, 2.24) is 0 Å². The van der Waals surface area contributed by atoms with Crippen LogP contribution in [0.3, 0.4) is 0 Å². The van der Waals surface area contributed by atoms with Gasteiger partial charge in [-0.15, -0.1) is 0 Å². The summed E-state index contributed by atoms with van der Waals surface area (Å²) in [6.07, 6.45) is 26.6. The summed E-state index contributed by atoms with van der Waals surface area (Å²) in [4.78, 5) is 30.6. The molecule has 1 unspecified atom stereocenters. The minimum absolute atomic E-state index is 0.0639. The Kier molecular flexibility index (Phi) is 27.7. The minimum Gasteiger partial charge on any atom is -0.481 e. The van der Waals surface area contributed by atoms with Gasteiger partial charge in [0.05, 0.1) is 25.9 Å². The van der Waals surface area contributed by atoms with Gasteiger partial charge in [0.2, 0.25) is 0 Å². The Morgan fingerprint density at radius 3 is 1.44 bits per heavy atom. The van der Waals surface area contributed by atoms with Crippen LogP contribution < -0.4 is 0 Å². The van der Waals surface area contributed by atoms with E-state index in [1.165, 1.54) is 103 Å². The highest BCUT2D eigenvalue weighted by atomic mass is 16.5. The Labute approximate surface area is 208 Å². The molecule has 0 aromatic rings. The Morgan fingerprint density at radius 1 is 0.676 bits per heavy atom. The molecule has 0 spiro atoms. The average Bonchev–Trinajstić information content (AvgIpc) is 2.81. The fourth-order valence-electron chi connectivity index (χ4n) is 3.58. The number of hydrogen-bond acceptors (Lipinski definition) is 4. The van der Waals surface area contributed by atoms with Crippen molar-refractivity contribution in [3.63, 3.8) is 0 Å². The van der Waals surface area contributed by atoms with Gasteiger partial charge in [-0.1, -0.05) is 103 Å². The molecule has 0 rings (SSSR count). The summed E-state index contributed by atoms with van der Waals surface area (Å²) in [7, 11) is 1.48. The first-order valence-electron chi connectivity index (χ1n) is 13.5. The highest BCUT2D eigenvalue weighted by Gasteiger charge is 2.11. The Bertz CT molecular complexity index is 501. The predicted molar refractivity (Wildman–Crippen MR) is 139 cm³/mol. The summed E-state index contributed by atoms with van der Waals surface area (Å²) in [5, 5.41) is 15.8. The second-order valence-corrected chi connectivity index (χ2v) is 9.15. The van der Waals surface area contributed by atoms with Crippen LogP contribution in [0.15, 0.2) is 12.2 Å². The smallest absolute Gasteiger partial charge is 0.308 e. The maximum Gasteiger partial charge on any atom is 0.308 e. The number of carboxylic acids is 2. The molecule has 2 N–H and O–H groups in total. The van der Waals surface area contributed by atoms with Crippen molar-refractivity contribution >= 4 is 17.9 Å². The van der Waals surface area contributed by atoms with E-state index < -0.39 is 11.9 Å². The topological polar surface area (TPSA) is 101 Å². The lowest BCUT2D eigenvalue weighted by atomic mass is 10.0. The normalized spacial score (nSPS) is 11.6. The summed E-state index contributed by atoms with van der Waals surface area (Å²) in [5.41, 5.74) is 0. The molecule has 0 saturated carbocycles. The summed E-state index contributed by atoms with van der Waals surface area (Å²) < 4.78 is 4.76. The van der Waals surface area contributed by atoms with Gasteiger partial charge in [-0.3, -0.25) is 14.4 Å². The molecule has 0 bridgehead atoms. The standard InChI is InChI=1S/C24H46O2.C4H6O4/c1-4-5-6-7-8-9-10-11-12-13-14-15-16-17-18-19-20-21-22-23(2)24(25)26-3;5-3(6)1-2-4(7)8/h11-12,23H,4-10,13-22H2,1-3H3;1-2H2,(H,5,6)(H,7,8)/b12-11-;. The number of hydrogen-bond donors (Lipinski definition) is 2. The van der Waals surface area contributed by atoms with Crippen LogP contribution in [0.25, 0.3) is 0 Å². The molecule has 0 heterocycles. The van der Waals surface area contributed by atoms with Gasteiger partial charge in [0.25, 0.3) is 0 Å². The Hall–Kier alpha value is -1.85. The van der Waals surface area contributed by atoms with Crippen LogP contribution in [0.1, 0.15) is 136 Å². The number of allylic oxidation sites excluding steroid dienone is 2. The SMILES string of the molecule is CCCCCCCC/C=C\CCCCCCCCCCC(C)C(=O)OC.O=C(O)CCC(=O)O. The third kappa shape index (κ3) is 30.1. The zero-order valence-electron chi connectivity index (χ0n) is 22.2. The molecule has 0 saturated heterocycles. The second kappa shape index (κ2) is 27.4. The third-order valence-electron chi connectivity index (χ3n) is 5.81. The van der Waals surface area contributed by atoms with Crippen LogP contribution >= 0.6 is 0 Å². The molecule has 34 heavy (non-hydrogen) atoms. The first kappa shape index (κ1) is 34.3. The number of carbonyl (C=O) groups excluding carboxylic acids is 1. The van der Waals surface area contributed by atoms with Crippen LogP contribution in [-0.4, -0.2) is 35.2 Å². The van der Waals surface area contributed by atoms with E-state index in [0.717, 1.165) is 12.8 Å². The average molecular weight is 485 g/mol. The molecule has 0 aromatic heterocycles. The van der Waals surface area contributed by atoms with Crippen molar-refractivity contribution in [2.24, 2.45) is 5.92 Å². The number of unbranched alkanes of at least 4 members (excludes halogenated alkanes) is 14. The number of ether oxygens (including phenoxy) is 1. The molecule has 6 nitrogen and oxygen atoms in total. The summed E-state index contributed by atoms with van der Waals surface area (Å²) in [5.74, 6) is -2.15. The molecule has 6 heteroatoms. The number of methoxy groups -OCH3 is 1. The monoisotopic (exact) mass is 484 g/mol. The van der Waals surface area contributed by atoms with Crippen molar-refractivity contribution < 1.29 is 29.3 Å². The molecule has 0 amide bonds. The van der Waals surface area contributed by atoms with Gasteiger partial charge in [-0.25, -0.2) is 0 Å². The first-order chi connectivity index (χ1) is 16.3. The van der Waals surface area contributed by atoms with E-state index in [4.69, 9.17) is 14.9 Å². The van der Waals surface area contributed by atoms with Gasteiger partial charge in [-0.05, 0) is 32.1 Å². The van der Waals surface area contributed by atoms with Crippen LogP contribution in [0.5, 0.6) is 0 Å². The number of aliphatic carboxylic acids is 2. The lowest BCUT2D eigenvalue weighted by Crippen LogP contribution is -2.12. The Balaban J connectivity index is 0. The van der Waals surface area contributed by atoms with E-state index in [1.54, 1.807) is 0 Å². The molecule has 200 valence electrons. The van der Waals surface area contributed by atoms with E-state index >= 15 is 0 Å². The highest BCUT2D eigenvalue weighted by molar-refractivity contribution is 5.75. The third-order valence-corrected chi connectivity index (χ3v) is 5.81. The Morgan fingerprint density at radius 2 is 1.06 bits per heavy atom. The van der Waals surface area contributed by atoms with E-state index in [1.807, 2.05) is 6.92 Å². The molecule has 0 fully saturated rings. The largest absolute Gasteiger partial charge is 0.481 e. The van der Waals surface area contributed by atoms with Gasteiger partial charge >= 0.3 is 17.9 Å². The van der Waals surface area contributed by atoms with Gasteiger partial charge in [0, 0.05) is 0 Å². The van der Waals surface area contributed by atoms with Crippen LogP contribution in [-0.2, 0) is 19.1 Å². The number of esters is 1. The van der Waals surface area contributed by atoms with E-state index in [-0.39, 0.29) is 24.7 Å². The van der Waals surface area contributed by atoms with Crippen molar-refractivity contribution in [1.29, 1.82) is 0 Å². The van der Waals surface area contributed by atoms with Crippen LogP contribution in [0, 0.1) is 5.92 Å². The van der Waals surface area contributed by atoms with Gasteiger partial charge in [0.15, 0.2) is 0 Å². The molecular weight excluding hydrogens is 432 g/mol. The predicted octanol–water partition coefficient (Wildman–Crippen LogP) is 7.94. The second-order valence-electron chi connectivity index (χ2n) is 9.15. The fourth-order valence-corrected chi connectivity index (χ4v) is 3.58. The highest BCUT2D eigenvalue weighted by Crippen LogP contribution is 2.14. The zero-order chi connectivity index (χ0) is 25.9. The minimum atomic E-state index is -1.08. The number of carboxylic acid groups (broad SMARTS) is 2. The van der Waals surface area contributed by atoms with Crippen LogP contribution in [0.2, 0.25) is 0 Å². The lowest BCUT2D eigenvalue weighted by molar-refractivity contribution is -0.145. The lowest BCUT2D eigenvalue weighted by Gasteiger charge is -2.08. The molecule has 0 aliphatic rings. The van der Waals surface area contributed by atoms with Gasteiger partial charge in [-0.2, -0.15) is 0 Å². The number of rotatable bonds is 22. The summed E-state index contributed by atoms with van der Waals surface area (Å²) in [6, 6.07) is 0. The van der Waals surface area contributed by atoms with Crippen molar-refractivity contribution in [3.05, 3.63) is 12.2 Å². The molecule has 0 aliphatic carbocycles. The molecule has 1 atom stereocenters. The summed E-state index contributed by atoms with van der Waals surface area (Å²) in [6.45, 7) is 4.24. The molecule has 0 aliphatic heterocycles. The van der Waals surface area contributed by atoms with Crippen molar-refractivity contribution in [3.8, 4) is 0 Å². The number of carbonyl (C=O) groups is 3. The molecular formula is C28H52O6. The zero-order valence-corrected chi connectivity index (χ0v) is 22.2. The maximum atomic E-state index is 11.3. The van der Waals surface area contributed by atoms with Gasteiger partial charge < -0.3 is 14.9 Å². The van der Waals surface area contributed by atoms with Crippen LogP contribution in [0.4, 0.5) is 0 Å². The molecule has 0 radical (unpaired) electrons. The van der Waals surface area contributed by atoms with E-state index in [0.29, 0.717) is 0 Å². The van der Waals surface area contributed by atoms with Crippen molar-refractivity contribution in [2.75, 3.05) is 7.11 Å². The maximum absolute atomic E-state index is 11.3. The van der Waals surface area contributed by atoms with E-state index in [2.05, 4.69) is 19.1 Å². The summed E-state index contributed by atoms with van der Waals surface area (Å²) >= 11 is 0. The molecule has 0 aromatic carbocycles.